The van der Waals surface area contributed by atoms with E-state index in [4.69, 9.17) is 5.73 Å². The molecule has 0 atom stereocenters. The molecule has 1 aliphatic heterocycles. The second-order valence-corrected chi connectivity index (χ2v) is 5.49. The predicted molar refractivity (Wildman–Crippen MR) is 71.2 cm³/mol. The molecule has 1 fully saturated rings. The zero-order valence-electron chi connectivity index (χ0n) is 9.90. The molecule has 1 saturated heterocycles. The highest BCUT2D eigenvalue weighted by Gasteiger charge is 2.18. The Morgan fingerprint density at radius 1 is 1.53 bits per heavy atom. The molecule has 0 aliphatic carbocycles. The van der Waals surface area contributed by atoms with E-state index in [0.717, 1.165) is 30.0 Å². The number of nitrogens with two attached hydrogens (primary N) is 1. The number of aromatic nitrogens is 1. The molecule has 5 heteroatoms. The van der Waals surface area contributed by atoms with Crippen LogP contribution in [0.4, 0.5) is 5.69 Å². The van der Waals surface area contributed by atoms with Gasteiger partial charge in [-0.3, -0.25) is 9.78 Å². The number of carbonyl (C=O) groups is 1. The monoisotopic (exact) mass is 251 g/mol. The number of hydrogen-bond acceptors (Lipinski definition) is 4. The number of thioether (sulfide) groups is 1. The summed E-state index contributed by atoms with van der Waals surface area (Å²) < 4.78 is 0. The van der Waals surface area contributed by atoms with Gasteiger partial charge in [0, 0.05) is 6.04 Å². The van der Waals surface area contributed by atoms with Crippen LogP contribution in [0.15, 0.2) is 12.3 Å². The summed E-state index contributed by atoms with van der Waals surface area (Å²) in [4.78, 5) is 16.2. The smallest absolute Gasteiger partial charge is 0.253 e. The summed E-state index contributed by atoms with van der Waals surface area (Å²) >= 11 is 1.94. The van der Waals surface area contributed by atoms with Crippen LogP contribution in [0, 0.1) is 6.92 Å². The van der Waals surface area contributed by atoms with E-state index in [2.05, 4.69) is 10.3 Å². The zero-order valence-corrected chi connectivity index (χ0v) is 10.7. The first-order valence-electron chi connectivity index (χ1n) is 5.77. The van der Waals surface area contributed by atoms with Gasteiger partial charge in [-0.1, -0.05) is 0 Å². The highest BCUT2D eigenvalue weighted by Crippen LogP contribution is 2.18. The van der Waals surface area contributed by atoms with Gasteiger partial charge in [0.05, 0.1) is 23.1 Å². The fourth-order valence-electron chi connectivity index (χ4n) is 1.88. The average molecular weight is 251 g/mol. The van der Waals surface area contributed by atoms with Crippen LogP contribution in [-0.2, 0) is 0 Å². The average Bonchev–Trinajstić information content (AvgIpc) is 2.33. The van der Waals surface area contributed by atoms with Crippen LogP contribution in [0.3, 0.4) is 0 Å². The van der Waals surface area contributed by atoms with Gasteiger partial charge in [0.1, 0.15) is 0 Å². The summed E-state index contributed by atoms with van der Waals surface area (Å²) in [6.07, 6.45) is 3.67. The van der Waals surface area contributed by atoms with Crippen LogP contribution in [0.25, 0.3) is 0 Å². The Balaban J connectivity index is 2.05. The Morgan fingerprint density at radius 3 is 2.94 bits per heavy atom. The van der Waals surface area contributed by atoms with Gasteiger partial charge in [-0.2, -0.15) is 11.8 Å². The van der Waals surface area contributed by atoms with Crippen molar-refractivity contribution in [2.75, 3.05) is 17.2 Å². The van der Waals surface area contributed by atoms with Gasteiger partial charge < -0.3 is 11.1 Å². The topological polar surface area (TPSA) is 68.0 Å². The van der Waals surface area contributed by atoms with Crippen LogP contribution < -0.4 is 11.1 Å². The van der Waals surface area contributed by atoms with Gasteiger partial charge in [-0.05, 0) is 37.3 Å². The number of nitrogen functional groups attached to an aromatic ring is 1. The number of rotatable bonds is 2. The lowest BCUT2D eigenvalue weighted by Crippen LogP contribution is -2.37. The van der Waals surface area contributed by atoms with Crippen LogP contribution in [0.5, 0.6) is 0 Å². The molecule has 0 bridgehead atoms. The number of carbonyl (C=O) groups excluding carboxylic acids is 1. The largest absolute Gasteiger partial charge is 0.397 e. The molecule has 4 nitrogen and oxygen atoms in total. The Bertz CT molecular complexity index is 416. The summed E-state index contributed by atoms with van der Waals surface area (Å²) in [5, 5.41) is 3.06. The number of nitrogens with one attached hydrogen (secondary N) is 1. The molecular formula is C12H17N3OS. The second kappa shape index (κ2) is 5.40. The second-order valence-electron chi connectivity index (χ2n) is 4.26. The number of nitrogens with zero attached hydrogens (tertiary/aromatic N) is 1. The maximum Gasteiger partial charge on any atom is 0.253 e. The first-order chi connectivity index (χ1) is 8.16. The summed E-state index contributed by atoms with van der Waals surface area (Å²) in [7, 11) is 0. The van der Waals surface area contributed by atoms with E-state index in [-0.39, 0.29) is 5.91 Å². The third kappa shape index (κ3) is 3.12. The summed E-state index contributed by atoms with van der Waals surface area (Å²) in [6.45, 7) is 1.82. The van der Waals surface area contributed by atoms with E-state index in [0.29, 0.717) is 17.3 Å². The van der Waals surface area contributed by atoms with Crippen molar-refractivity contribution in [1.82, 2.24) is 10.3 Å². The predicted octanol–water partition coefficient (Wildman–Crippen LogP) is 1.60. The van der Waals surface area contributed by atoms with E-state index in [1.54, 1.807) is 12.3 Å². The van der Waals surface area contributed by atoms with Crippen molar-refractivity contribution in [3.05, 3.63) is 23.5 Å². The van der Waals surface area contributed by atoms with Crippen molar-refractivity contribution in [2.45, 2.75) is 25.8 Å². The van der Waals surface area contributed by atoms with E-state index < -0.39 is 0 Å². The highest BCUT2D eigenvalue weighted by molar-refractivity contribution is 7.99. The molecule has 1 aromatic heterocycles. The molecular weight excluding hydrogens is 234 g/mol. The van der Waals surface area contributed by atoms with Gasteiger partial charge >= 0.3 is 0 Å². The first kappa shape index (κ1) is 12.2. The molecule has 1 aromatic rings. The van der Waals surface area contributed by atoms with E-state index in [9.17, 15) is 4.79 Å². The maximum absolute atomic E-state index is 12.1. The van der Waals surface area contributed by atoms with Crippen molar-refractivity contribution in [3.63, 3.8) is 0 Å². The quantitative estimate of drug-likeness (QED) is 0.837. The molecule has 92 valence electrons. The molecule has 2 rings (SSSR count). The number of pyridine rings is 1. The molecule has 17 heavy (non-hydrogen) atoms. The van der Waals surface area contributed by atoms with Crippen molar-refractivity contribution in [2.24, 2.45) is 0 Å². The molecule has 0 spiro atoms. The Morgan fingerprint density at radius 2 is 2.24 bits per heavy atom. The van der Waals surface area contributed by atoms with E-state index in [1.165, 1.54) is 0 Å². The molecule has 0 saturated carbocycles. The Kier molecular flexibility index (Phi) is 3.89. The molecule has 0 aromatic carbocycles. The normalized spacial score (nSPS) is 16.8. The van der Waals surface area contributed by atoms with Gasteiger partial charge in [0.25, 0.3) is 5.91 Å². The molecule has 0 radical (unpaired) electrons. The Hall–Kier alpha value is -1.23. The highest BCUT2D eigenvalue weighted by atomic mass is 32.2. The molecule has 0 unspecified atom stereocenters. The molecule has 1 amide bonds. The lowest BCUT2D eigenvalue weighted by atomic mass is 10.1. The van der Waals surface area contributed by atoms with Crippen LogP contribution >= 0.6 is 11.8 Å². The van der Waals surface area contributed by atoms with Gasteiger partial charge in [-0.15, -0.1) is 0 Å². The Labute approximate surface area is 105 Å². The fraction of sp³-hybridized carbons (Fsp3) is 0.500. The number of hydrogen-bond donors (Lipinski definition) is 2. The van der Waals surface area contributed by atoms with Crippen LogP contribution in [-0.4, -0.2) is 28.4 Å². The first-order valence-corrected chi connectivity index (χ1v) is 6.93. The minimum Gasteiger partial charge on any atom is -0.397 e. The summed E-state index contributed by atoms with van der Waals surface area (Å²) in [5.41, 5.74) is 7.49. The number of anilines is 1. The van der Waals surface area contributed by atoms with Crippen LogP contribution in [0.1, 0.15) is 28.9 Å². The zero-order chi connectivity index (χ0) is 12.3. The summed E-state index contributed by atoms with van der Waals surface area (Å²) in [5.74, 6) is 2.19. The van der Waals surface area contributed by atoms with Gasteiger partial charge in [-0.25, -0.2) is 0 Å². The van der Waals surface area contributed by atoms with Crippen molar-refractivity contribution < 1.29 is 4.79 Å². The molecule has 1 aliphatic rings. The third-order valence-electron chi connectivity index (χ3n) is 2.91. The fourth-order valence-corrected chi connectivity index (χ4v) is 2.99. The summed E-state index contributed by atoms with van der Waals surface area (Å²) in [6, 6.07) is 1.99. The van der Waals surface area contributed by atoms with Crippen molar-refractivity contribution in [1.29, 1.82) is 0 Å². The lowest BCUT2D eigenvalue weighted by Gasteiger charge is -2.22. The number of aryl methyl sites for hydroxylation is 1. The minimum absolute atomic E-state index is 0.0563. The van der Waals surface area contributed by atoms with Gasteiger partial charge in [0.15, 0.2) is 0 Å². The van der Waals surface area contributed by atoms with Crippen LogP contribution in [0.2, 0.25) is 0 Å². The third-order valence-corrected chi connectivity index (χ3v) is 3.96. The van der Waals surface area contributed by atoms with E-state index >= 15 is 0 Å². The minimum atomic E-state index is -0.0563. The maximum atomic E-state index is 12.1. The lowest BCUT2D eigenvalue weighted by molar-refractivity contribution is 0.0934. The van der Waals surface area contributed by atoms with Gasteiger partial charge in [0.2, 0.25) is 0 Å². The van der Waals surface area contributed by atoms with E-state index in [1.807, 2.05) is 18.7 Å². The molecule has 2 heterocycles. The molecule has 3 N–H and O–H groups in total. The number of amides is 1. The van der Waals surface area contributed by atoms with Crippen molar-refractivity contribution >= 4 is 23.4 Å². The standard InChI is InChI=1S/C12H17N3OS/c1-8-11(6-9(13)7-14-8)12(16)15-10-2-4-17-5-3-10/h6-7,10H,2-5,13H2,1H3,(H,15,16). The SMILES string of the molecule is Cc1ncc(N)cc1C(=O)NC1CCSCC1. The van der Waals surface area contributed by atoms with Crippen molar-refractivity contribution in [3.8, 4) is 0 Å².